The van der Waals surface area contributed by atoms with Crippen molar-refractivity contribution >= 4 is 11.3 Å². The normalized spacial score (nSPS) is 19.2. The molecule has 4 heteroatoms. The van der Waals surface area contributed by atoms with Gasteiger partial charge in [0.05, 0.1) is 10.7 Å². The molecule has 0 amide bonds. The Balaban J connectivity index is 2.05. The van der Waals surface area contributed by atoms with Gasteiger partial charge < -0.3 is 5.32 Å². The van der Waals surface area contributed by atoms with Crippen LogP contribution in [0.1, 0.15) is 29.5 Å². The lowest BCUT2D eigenvalue weighted by atomic mass is 9.99. The number of thiazole rings is 1. The van der Waals surface area contributed by atoms with Crippen LogP contribution in [0, 0.1) is 0 Å². The first-order valence-corrected chi connectivity index (χ1v) is 5.49. The van der Waals surface area contributed by atoms with Gasteiger partial charge in [0.2, 0.25) is 0 Å². The van der Waals surface area contributed by atoms with Crippen LogP contribution >= 0.6 is 11.3 Å². The zero-order chi connectivity index (χ0) is 9.10. The third-order valence-electron chi connectivity index (χ3n) is 2.39. The Hall–Kier alpha value is -0.480. The molecule has 13 heavy (non-hydrogen) atoms. The van der Waals surface area contributed by atoms with Gasteiger partial charge in [-0.15, -0.1) is 11.3 Å². The Morgan fingerprint density at radius 2 is 2.31 bits per heavy atom. The maximum absolute atomic E-state index is 12.2. The summed E-state index contributed by atoms with van der Waals surface area (Å²) in [5, 5.41) is 6.26. The molecule has 0 unspecified atom stereocenters. The summed E-state index contributed by atoms with van der Waals surface area (Å²) in [7, 11) is 0. The fraction of sp³-hybridized carbons (Fsp3) is 0.667. The molecule has 0 spiro atoms. The minimum atomic E-state index is -0.429. The van der Waals surface area contributed by atoms with Gasteiger partial charge in [-0.1, -0.05) is 0 Å². The van der Waals surface area contributed by atoms with E-state index in [-0.39, 0.29) is 0 Å². The fourth-order valence-electron chi connectivity index (χ4n) is 1.64. The molecule has 0 atom stereocenters. The smallest absolute Gasteiger partial charge is 0.132 e. The number of halogens is 1. The Bertz CT molecular complexity index is 268. The molecule has 0 radical (unpaired) electrons. The first-order valence-electron chi connectivity index (χ1n) is 4.61. The lowest BCUT2D eigenvalue weighted by molar-refractivity contribution is 0.452. The van der Waals surface area contributed by atoms with Gasteiger partial charge in [0.15, 0.2) is 0 Å². The fourth-order valence-corrected chi connectivity index (χ4v) is 2.61. The van der Waals surface area contributed by atoms with E-state index in [0.717, 1.165) is 30.9 Å². The number of hydrogen-bond donors (Lipinski definition) is 1. The topological polar surface area (TPSA) is 24.9 Å². The summed E-state index contributed by atoms with van der Waals surface area (Å²) in [6.07, 6.45) is 2.28. The van der Waals surface area contributed by atoms with Gasteiger partial charge >= 0.3 is 0 Å². The number of nitrogens with zero attached hydrogens (tertiary/aromatic N) is 1. The molecule has 2 rings (SSSR count). The van der Waals surface area contributed by atoms with Crippen LogP contribution < -0.4 is 5.32 Å². The minimum absolute atomic E-state index is 0.429. The van der Waals surface area contributed by atoms with Crippen molar-refractivity contribution < 1.29 is 4.39 Å². The van der Waals surface area contributed by atoms with Crippen molar-refractivity contribution in [3.8, 4) is 0 Å². The molecule has 1 saturated heterocycles. The van der Waals surface area contributed by atoms with Crippen LogP contribution in [-0.2, 0) is 6.67 Å². The zero-order valence-electron chi connectivity index (χ0n) is 7.42. The van der Waals surface area contributed by atoms with E-state index in [4.69, 9.17) is 0 Å². The first kappa shape index (κ1) is 9.09. The van der Waals surface area contributed by atoms with Crippen molar-refractivity contribution in [1.29, 1.82) is 0 Å². The van der Waals surface area contributed by atoms with Gasteiger partial charge in [-0.3, -0.25) is 0 Å². The molecular weight excluding hydrogens is 187 g/mol. The molecule has 0 aromatic carbocycles. The second-order valence-electron chi connectivity index (χ2n) is 3.33. The lowest BCUT2D eigenvalue weighted by Crippen LogP contribution is -2.26. The molecule has 1 aromatic rings. The Labute approximate surface area is 81.2 Å². The Morgan fingerprint density at radius 3 is 2.92 bits per heavy atom. The van der Waals surface area contributed by atoms with E-state index in [1.165, 1.54) is 0 Å². The van der Waals surface area contributed by atoms with Crippen molar-refractivity contribution in [2.45, 2.75) is 25.4 Å². The second-order valence-corrected chi connectivity index (χ2v) is 4.22. The van der Waals surface area contributed by atoms with E-state index in [0.29, 0.717) is 11.6 Å². The van der Waals surface area contributed by atoms with E-state index in [1.54, 1.807) is 11.3 Å². The van der Waals surface area contributed by atoms with Crippen LogP contribution in [0.2, 0.25) is 0 Å². The van der Waals surface area contributed by atoms with Gasteiger partial charge in [-0.25, -0.2) is 9.37 Å². The van der Waals surface area contributed by atoms with Crippen molar-refractivity contribution in [3.63, 3.8) is 0 Å². The maximum Gasteiger partial charge on any atom is 0.132 e. The quantitative estimate of drug-likeness (QED) is 0.790. The van der Waals surface area contributed by atoms with Gasteiger partial charge in [-0.2, -0.15) is 0 Å². The van der Waals surface area contributed by atoms with Crippen LogP contribution in [-0.4, -0.2) is 18.1 Å². The Morgan fingerprint density at radius 1 is 1.54 bits per heavy atom. The summed E-state index contributed by atoms with van der Waals surface area (Å²) < 4.78 is 12.2. The molecule has 72 valence electrons. The van der Waals surface area contributed by atoms with E-state index < -0.39 is 6.67 Å². The van der Waals surface area contributed by atoms with Gasteiger partial charge in [-0.05, 0) is 25.9 Å². The average Bonchev–Trinajstić information content (AvgIpc) is 2.67. The highest BCUT2D eigenvalue weighted by atomic mass is 32.1. The average molecular weight is 200 g/mol. The largest absolute Gasteiger partial charge is 0.317 e. The third kappa shape index (κ3) is 2.06. The molecule has 2 nitrogen and oxygen atoms in total. The molecule has 1 N–H and O–H groups in total. The summed E-state index contributed by atoms with van der Waals surface area (Å²) in [5.74, 6) is 0.562. The van der Waals surface area contributed by atoms with Crippen LogP contribution in [0.25, 0.3) is 0 Å². The number of rotatable bonds is 2. The summed E-state index contributed by atoms with van der Waals surface area (Å²) in [5.41, 5.74) is 0.596. The molecule has 1 fully saturated rings. The molecule has 0 saturated carbocycles. The van der Waals surface area contributed by atoms with Crippen molar-refractivity contribution in [3.05, 3.63) is 16.1 Å². The molecule has 1 aromatic heterocycles. The van der Waals surface area contributed by atoms with Crippen molar-refractivity contribution in [2.75, 3.05) is 13.1 Å². The molecule has 0 bridgehead atoms. The second kappa shape index (κ2) is 4.15. The van der Waals surface area contributed by atoms with E-state index in [9.17, 15) is 4.39 Å². The van der Waals surface area contributed by atoms with E-state index in [1.807, 2.05) is 5.38 Å². The summed E-state index contributed by atoms with van der Waals surface area (Å²) in [6.45, 7) is 1.70. The summed E-state index contributed by atoms with van der Waals surface area (Å²) >= 11 is 1.60. The summed E-state index contributed by atoms with van der Waals surface area (Å²) in [4.78, 5) is 4.27. The standard InChI is InChI=1S/C9H13FN2S/c10-5-8-6-13-9(12-8)7-1-3-11-4-2-7/h6-7,11H,1-5H2. The third-order valence-corrected chi connectivity index (χ3v) is 3.45. The molecule has 2 heterocycles. The molecular formula is C9H13FN2S. The van der Waals surface area contributed by atoms with Crippen molar-refractivity contribution in [2.24, 2.45) is 0 Å². The minimum Gasteiger partial charge on any atom is -0.317 e. The number of aromatic nitrogens is 1. The number of piperidine rings is 1. The molecule has 1 aliphatic rings. The van der Waals surface area contributed by atoms with Gasteiger partial charge in [0.1, 0.15) is 6.67 Å². The number of hydrogen-bond acceptors (Lipinski definition) is 3. The highest BCUT2D eigenvalue weighted by molar-refractivity contribution is 7.09. The number of nitrogens with one attached hydrogen (secondary N) is 1. The van der Waals surface area contributed by atoms with Crippen LogP contribution in [0.15, 0.2) is 5.38 Å². The molecule has 0 aliphatic carbocycles. The summed E-state index contributed by atoms with van der Waals surface area (Å²) in [6, 6.07) is 0. The van der Waals surface area contributed by atoms with E-state index in [2.05, 4.69) is 10.3 Å². The van der Waals surface area contributed by atoms with Gasteiger partial charge in [0.25, 0.3) is 0 Å². The SMILES string of the molecule is FCc1csc(C2CCNCC2)n1. The van der Waals surface area contributed by atoms with E-state index >= 15 is 0 Å². The zero-order valence-corrected chi connectivity index (χ0v) is 8.24. The highest BCUT2D eigenvalue weighted by Crippen LogP contribution is 2.27. The van der Waals surface area contributed by atoms with Crippen LogP contribution in [0.3, 0.4) is 0 Å². The van der Waals surface area contributed by atoms with Crippen LogP contribution in [0.4, 0.5) is 4.39 Å². The van der Waals surface area contributed by atoms with Gasteiger partial charge in [0, 0.05) is 11.3 Å². The first-order chi connectivity index (χ1) is 6.40. The Kier molecular flexibility index (Phi) is 2.90. The maximum atomic E-state index is 12.2. The monoisotopic (exact) mass is 200 g/mol. The van der Waals surface area contributed by atoms with Crippen LogP contribution in [0.5, 0.6) is 0 Å². The number of alkyl halides is 1. The highest BCUT2D eigenvalue weighted by Gasteiger charge is 2.18. The lowest BCUT2D eigenvalue weighted by Gasteiger charge is -2.20. The predicted molar refractivity (Wildman–Crippen MR) is 51.8 cm³/mol. The molecule has 1 aliphatic heterocycles. The predicted octanol–water partition coefficient (Wildman–Crippen LogP) is 2.08. The van der Waals surface area contributed by atoms with Crippen molar-refractivity contribution in [1.82, 2.24) is 10.3 Å².